The smallest absolute Gasteiger partial charge is 0.124 e. The average Bonchev–Trinajstić information content (AvgIpc) is 2.61. The number of allylic oxidation sites excluding steroid dienone is 1. The highest BCUT2D eigenvalue weighted by atomic mass is 19.1. The summed E-state index contributed by atoms with van der Waals surface area (Å²) in [7, 11) is 0. The number of hydrogen-bond donors (Lipinski definition) is 2. The van der Waals surface area contributed by atoms with Crippen molar-refractivity contribution in [3.8, 4) is 0 Å². The van der Waals surface area contributed by atoms with Gasteiger partial charge in [0.15, 0.2) is 0 Å². The number of halogens is 1. The minimum absolute atomic E-state index is 0.116. The Morgan fingerprint density at radius 2 is 1.96 bits per heavy atom. The topological polar surface area (TPSA) is 50.7 Å². The first-order valence-electron chi connectivity index (χ1n) is 8.74. The van der Waals surface area contributed by atoms with Crippen molar-refractivity contribution < 1.29 is 19.0 Å². The number of piperidine rings is 1. The number of aliphatic hydroxyl groups excluding tert-OH is 1. The quantitative estimate of drug-likeness (QED) is 0.804. The van der Waals surface area contributed by atoms with Crippen LogP contribution in [0, 0.1) is 5.92 Å². The molecule has 1 aliphatic heterocycles. The Balaban J connectivity index is 1.47. The van der Waals surface area contributed by atoms with Crippen molar-refractivity contribution in [2.45, 2.75) is 50.7 Å². The predicted molar refractivity (Wildman–Crippen MR) is 89.9 cm³/mol. The molecule has 0 aromatic heterocycles. The van der Waals surface area contributed by atoms with Gasteiger partial charge < -0.3 is 19.9 Å². The molecule has 3 rings (SSSR count). The first-order chi connectivity index (χ1) is 11.7. The fraction of sp³-hybridized carbons (Fsp3) is 0.579. The summed E-state index contributed by atoms with van der Waals surface area (Å²) < 4.78 is 24.7. The zero-order chi connectivity index (χ0) is 16.8. The summed E-state index contributed by atoms with van der Waals surface area (Å²) in [5.41, 5.74) is 2.12. The Kier molecular flexibility index (Phi) is 6.24. The summed E-state index contributed by atoms with van der Waals surface area (Å²) in [5, 5.41) is 12.8. The molecule has 4 unspecified atom stereocenters. The van der Waals surface area contributed by atoms with Gasteiger partial charge in [-0.2, -0.15) is 0 Å². The van der Waals surface area contributed by atoms with Crippen LogP contribution >= 0.6 is 0 Å². The van der Waals surface area contributed by atoms with E-state index >= 15 is 0 Å². The minimum Gasteiger partial charge on any atom is -0.374 e. The highest BCUT2D eigenvalue weighted by molar-refractivity contribution is 5.14. The Hall–Kier alpha value is -1.43. The molecule has 0 bridgehead atoms. The standard InChI is InChI=1S/C19H26FNO3/c20-11-17(13-23-12-14-4-2-1-3-5-14)24-16-8-6-15-7-9-19(22)21-18(15)10-16/h1-5,10,15-17,19,21-22H,6-9,11-13H2. The largest absolute Gasteiger partial charge is 0.374 e. The van der Waals surface area contributed by atoms with E-state index in [1.54, 1.807) is 0 Å². The second-order valence-corrected chi connectivity index (χ2v) is 6.59. The van der Waals surface area contributed by atoms with E-state index in [2.05, 4.69) is 5.32 Å². The maximum atomic E-state index is 13.3. The van der Waals surface area contributed by atoms with Crippen LogP contribution in [-0.4, -0.2) is 36.8 Å². The number of fused-ring (bicyclic) bond motifs is 1. The minimum atomic E-state index is -0.562. The third kappa shape index (κ3) is 4.79. The zero-order valence-electron chi connectivity index (χ0n) is 13.9. The fourth-order valence-corrected chi connectivity index (χ4v) is 3.39. The van der Waals surface area contributed by atoms with Gasteiger partial charge in [0.2, 0.25) is 0 Å². The Morgan fingerprint density at radius 3 is 2.75 bits per heavy atom. The lowest BCUT2D eigenvalue weighted by Gasteiger charge is -2.36. The van der Waals surface area contributed by atoms with E-state index < -0.39 is 19.0 Å². The molecule has 0 amide bonds. The molecule has 0 saturated carbocycles. The van der Waals surface area contributed by atoms with Crippen LogP contribution in [0.3, 0.4) is 0 Å². The lowest BCUT2D eigenvalue weighted by atomic mass is 9.84. The molecule has 1 aromatic rings. The third-order valence-corrected chi connectivity index (χ3v) is 4.68. The van der Waals surface area contributed by atoms with E-state index in [9.17, 15) is 9.50 Å². The number of benzene rings is 1. The highest BCUT2D eigenvalue weighted by Crippen LogP contribution is 2.32. The third-order valence-electron chi connectivity index (χ3n) is 4.68. The van der Waals surface area contributed by atoms with Gasteiger partial charge in [0.25, 0.3) is 0 Å². The molecule has 24 heavy (non-hydrogen) atoms. The van der Waals surface area contributed by atoms with E-state index in [0.29, 0.717) is 12.5 Å². The average molecular weight is 335 g/mol. The molecule has 2 aliphatic rings. The van der Waals surface area contributed by atoms with Crippen molar-refractivity contribution in [3.63, 3.8) is 0 Å². The van der Waals surface area contributed by atoms with Crippen molar-refractivity contribution in [2.24, 2.45) is 5.92 Å². The van der Waals surface area contributed by atoms with Crippen molar-refractivity contribution in [1.82, 2.24) is 5.32 Å². The van der Waals surface area contributed by atoms with Crippen LogP contribution in [0.4, 0.5) is 4.39 Å². The lowest BCUT2D eigenvalue weighted by Crippen LogP contribution is -2.40. The molecule has 4 atom stereocenters. The van der Waals surface area contributed by atoms with Gasteiger partial charge in [0, 0.05) is 5.70 Å². The fourth-order valence-electron chi connectivity index (χ4n) is 3.39. The predicted octanol–water partition coefficient (Wildman–Crippen LogP) is 2.92. The van der Waals surface area contributed by atoms with E-state index in [1.165, 1.54) is 0 Å². The van der Waals surface area contributed by atoms with Gasteiger partial charge in [0.1, 0.15) is 19.0 Å². The molecule has 1 aliphatic carbocycles. The molecule has 0 radical (unpaired) electrons. The molecule has 1 fully saturated rings. The number of rotatable bonds is 7. The van der Waals surface area contributed by atoms with E-state index in [-0.39, 0.29) is 12.7 Å². The van der Waals surface area contributed by atoms with Gasteiger partial charge in [-0.15, -0.1) is 0 Å². The van der Waals surface area contributed by atoms with E-state index in [4.69, 9.17) is 9.47 Å². The van der Waals surface area contributed by atoms with Crippen molar-refractivity contribution in [3.05, 3.63) is 47.7 Å². The molecule has 5 heteroatoms. The van der Waals surface area contributed by atoms with Crippen molar-refractivity contribution >= 4 is 0 Å². The maximum Gasteiger partial charge on any atom is 0.124 e. The molecule has 0 spiro atoms. The monoisotopic (exact) mass is 335 g/mol. The number of nitrogens with one attached hydrogen (secondary N) is 1. The van der Waals surface area contributed by atoms with Gasteiger partial charge in [-0.3, -0.25) is 0 Å². The van der Waals surface area contributed by atoms with Crippen LogP contribution in [0.15, 0.2) is 42.1 Å². The molecule has 1 saturated heterocycles. The summed E-state index contributed by atoms with van der Waals surface area (Å²) in [6, 6.07) is 9.83. The Labute approximate surface area is 142 Å². The highest BCUT2D eigenvalue weighted by Gasteiger charge is 2.29. The van der Waals surface area contributed by atoms with Gasteiger partial charge in [0.05, 0.1) is 19.3 Å². The normalized spacial score (nSPS) is 27.8. The summed E-state index contributed by atoms with van der Waals surface area (Å²) in [5.74, 6) is 0.478. The summed E-state index contributed by atoms with van der Waals surface area (Å²) in [6.07, 6.45) is 4.55. The molecular weight excluding hydrogens is 309 g/mol. The van der Waals surface area contributed by atoms with Gasteiger partial charge in [-0.1, -0.05) is 30.3 Å². The summed E-state index contributed by atoms with van der Waals surface area (Å²) in [6.45, 7) is 0.140. The van der Waals surface area contributed by atoms with Gasteiger partial charge in [-0.25, -0.2) is 4.39 Å². The molecule has 1 heterocycles. The maximum absolute atomic E-state index is 13.3. The van der Waals surface area contributed by atoms with Gasteiger partial charge >= 0.3 is 0 Å². The lowest BCUT2D eigenvalue weighted by molar-refractivity contribution is -0.0609. The number of alkyl halides is 1. The number of ether oxygens (including phenoxy) is 2. The molecule has 1 aromatic carbocycles. The Morgan fingerprint density at radius 1 is 1.17 bits per heavy atom. The van der Waals surface area contributed by atoms with Crippen LogP contribution < -0.4 is 5.32 Å². The first kappa shape index (κ1) is 17.4. The van der Waals surface area contributed by atoms with Gasteiger partial charge in [-0.05, 0) is 43.2 Å². The number of hydrogen-bond acceptors (Lipinski definition) is 4. The molecular formula is C19H26FNO3. The molecule has 2 N–H and O–H groups in total. The van der Waals surface area contributed by atoms with Crippen molar-refractivity contribution in [2.75, 3.05) is 13.3 Å². The second kappa shape index (κ2) is 8.60. The van der Waals surface area contributed by atoms with Crippen molar-refractivity contribution in [1.29, 1.82) is 0 Å². The van der Waals surface area contributed by atoms with Crippen LogP contribution in [0.2, 0.25) is 0 Å². The summed E-state index contributed by atoms with van der Waals surface area (Å²) in [4.78, 5) is 0. The number of aliphatic hydroxyl groups is 1. The molecule has 4 nitrogen and oxygen atoms in total. The zero-order valence-corrected chi connectivity index (χ0v) is 13.9. The van der Waals surface area contributed by atoms with Crippen LogP contribution in [0.5, 0.6) is 0 Å². The van der Waals surface area contributed by atoms with Crippen LogP contribution in [0.1, 0.15) is 31.2 Å². The van der Waals surface area contributed by atoms with E-state index in [0.717, 1.165) is 36.9 Å². The van der Waals surface area contributed by atoms with Crippen LogP contribution in [-0.2, 0) is 16.1 Å². The summed E-state index contributed by atoms with van der Waals surface area (Å²) >= 11 is 0. The molecule has 132 valence electrons. The Bertz CT molecular complexity index is 537. The first-order valence-corrected chi connectivity index (χ1v) is 8.74. The van der Waals surface area contributed by atoms with E-state index in [1.807, 2.05) is 36.4 Å². The second-order valence-electron chi connectivity index (χ2n) is 6.59. The van der Waals surface area contributed by atoms with Crippen LogP contribution in [0.25, 0.3) is 0 Å². The SMILES string of the molecule is OC1CCC2CCC(OC(CF)COCc3ccccc3)C=C2N1.